The summed E-state index contributed by atoms with van der Waals surface area (Å²) in [6, 6.07) is 7.40. The molecule has 1 aromatic heterocycles. The number of rotatable bonds is 5. The molecule has 0 bridgehead atoms. The summed E-state index contributed by atoms with van der Waals surface area (Å²) < 4.78 is 15.3. The van der Waals surface area contributed by atoms with Crippen molar-refractivity contribution in [2.24, 2.45) is 0 Å². The minimum absolute atomic E-state index is 0.168. The Kier molecular flexibility index (Phi) is 5.20. The van der Waals surface area contributed by atoms with Crippen LogP contribution < -0.4 is 0 Å². The van der Waals surface area contributed by atoms with Crippen molar-refractivity contribution in [3.8, 4) is 0 Å². The van der Waals surface area contributed by atoms with Crippen LogP contribution in [0.2, 0.25) is 0 Å². The Bertz CT molecular complexity index is 663. The zero-order chi connectivity index (χ0) is 17.1. The van der Waals surface area contributed by atoms with Gasteiger partial charge in [0, 0.05) is 32.2 Å². The zero-order valence-electron chi connectivity index (χ0n) is 14.6. The lowest BCUT2D eigenvalue weighted by molar-refractivity contribution is 0.0948. The van der Waals surface area contributed by atoms with Gasteiger partial charge in [-0.15, -0.1) is 5.10 Å². The molecule has 1 atom stereocenters. The summed E-state index contributed by atoms with van der Waals surface area (Å²) in [5, 5.41) is 12.0. The minimum Gasteiger partial charge on any atom is -0.294 e. The third-order valence-electron chi connectivity index (χ3n) is 4.70. The van der Waals surface area contributed by atoms with Crippen molar-refractivity contribution < 1.29 is 4.39 Å². The molecule has 0 N–H and O–H groups in total. The van der Waals surface area contributed by atoms with Crippen molar-refractivity contribution >= 4 is 0 Å². The van der Waals surface area contributed by atoms with Gasteiger partial charge < -0.3 is 0 Å². The Morgan fingerprint density at radius 2 is 1.88 bits per heavy atom. The van der Waals surface area contributed by atoms with E-state index in [2.05, 4.69) is 46.1 Å². The summed E-state index contributed by atoms with van der Waals surface area (Å²) >= 11 is 0. The quantitative estimate of drug-likeness (QED) is 0.841. The van der Waals surface area contributed by atoms with E-state index in [9.17, 15) is 4.39 Å². The summed E-state index contributed by atoms with van der Waals surface area (Å²) in [5.41, 5.74) is 1.03. The fraction of sp³-hybridized carbons (Fsp3) is 0.588. The fourth-order valence-electron chi connectivity index (χ4n) is 3.20. The first-order valence-corrected chi connectivity index (χ1v) is 8.53. The van der Waals surface area contributed by atoms with Gasteiger partial charge in [-0.05, 0) is 48.9 Å². The molecule has 130 valence electrons. The molecule has 1 aliphatic rings. The minimum atomic E-state index is -0.168. The van der Waals surface area contributed by atoms with Crippen LogP contribution in [0.15, 0.2) is 24.3 Å². The summed E-state index contributed by atoms with van der Waals surface area (Å²) in [7, 11) is 0. The van der Waals surface area contributed by atoms with Crippen LogP contribution in [-0.2, 0) is 6.54 Å². The maximum atomic E-state index is 13.4. The Morgan fingerprint density at radius 1 is 1.12 bits per heavy atom. The maximum Gasteiger partial charge on any atom is 0.165 e. The lowest BCUT2D eigenvalue weighted by Gasteiger charge is -2.38. The van der Waals surface area contributed by atoms with E-state index in [1.165, 1.54) is 6.07 Å². The lowest BCUT2D eigenvalue weighted by Crippen LogP contribution is -2.47. The van der Waals surface area contributed by atoms with Crippen molar-refractivity contribution in [1.82, 2.24) is 30.0 Å². The van der Waals surface area contributed by atoms with Gasteiger partial charge in [-0.1, -0.05) is 12.1 Å². The van der Waals surface area contributed by atoms with E-state index in [1.807, 2.05) is 10.7 Å². The SMILES string of the molecule is CC(C)n1nnnc1CN1CCN([C@H](C)c2cccc(F)c2)CC1. The summed E-state index contributed by atoms with van der Waals surface area (Å²) in [6.07, 6.45) is 0. The van der Waals surface area contributed by atoms with Gasteiger partial charge in [0.2, 0.25) is 0 Å². The molecule has 7 heteroatoms. The molecule has 1 aromatic carbocycles. The van der Waals surface area contributed by atoms with Crippen molar-refractivity contribution in [1.29, 1.82) is 0 Å². The van der Waals surface area contributed by atoms with E-state index in [0.717, 1.165) is 44.1 Å². The summed E-state index contributed by atoms with van der Waals surface area (Å²) in [5.74, 6) is 0.745. The molecule has 2 aromatic rings. The van der Waals surface area contributed by atoms with Gasteiger partial charge in [-0.25, -0.2) is 9.07 Å². The average Bonchev–Trinajstić information content (AvgIpc) is 3.03. The molecule has 2 heterocycles. The van der Waals surface area contributed by atoms with E-state index in [-0.39, 0.29) is 17.9 Å². The van der Waals surface area contributed by atoms with Crippen LogP contribution >= 0.6 is 0 Å². The van der Waals surface area contributed by atoms with Crippen LogP contribution in [0, 0.1) is 5.82 Å². The number of hydrogen-bond donors (Lipinski definition) is 0. The second kappa shape index (κ2) is 7.36. The van der Waals surface area contributed by atoms with Gasteiger partial charge in [0.05, 0.1) is 12.6 Å². The van der Waals surface area contributed by atoms with Gasteiger partial charge in [-0.3, -0.25) is 9.80 Å². The third kappa shape index (κ3) is 3.79. The van der Waals surface area contributed by atoms with Crippen LogP contribution in [0.1, 0.15) is 44.2 Å². The van der Waals surface area contributed by atoms with Crippen molar-refractivity contribution in [3.63, 3.8) is 0 Å². The predicted molar refractivity (Wildman–Crippen MR) is 89.9 cm³/mol. The third-order valence-corrected chi connectivity index (χ3v) is 4.70. The van der Waals surface area contributed by atoms with Crippen molar-refractivity contribution in [3.05, 3.63) is 41.5 Å². The molecule has 6 nitrogen and oxygen atoms in total. The van der Waals surface area contributed by atoms with Crippen molar-refractivity contribution in [2.45, 2.75) is 39.4 Å². The number of nitrogens with zero attached hydrogens (tertiary/aromatic N) is 6. The molecular weight excluding hydrogens is 307 g/mol. The number of tetrazole rings is 1. The first-order chi connectivity index (χ1) is 11.5. The highest BCUT2D eigenvalue weighted by Gasteiger charge is 2.23. The van der Waals surface area contributed by atoms with Gasteiger partial charge in [0.25, 0.3) is 0 Å². The van der Waals surface area contributed by atoms with Crippen LogP contribution in [0.3, 0.4) is 0 Å². The summed E-state index contributed by atoms with van der Waals surface area (Å²) in [4.78, 5) is 4.77. The fourth-order valence-corrected chi connectivity index (χ4v) is 3.20. The topological polar surface area (TPSA) is 50.1 Å². The first-order valence-electron chi connectivity index (χ1n) is 8.53. The Hall–Kier alpha value is -1.86. The molecule has 0 unspecified atom stereocenters. The van der Waals surface area contributed by atoms with Gasteiger partial charge >= 0.3 is 0 Å². The molecule has 0 aliphatic carbocycles. The molecule has 3 rings (SSSR count). The molecule has 0 spiro atoms. The number of halogens is 1. The highest BCUT2D eigenvalue weighted by molar-refractivity contribution is 5.19. The highest BCUT2D eigenvalue weighted by atomic mass is 19.1. The summed E-state index contributed by atoms with van der Waals surface area (Å²) in [6.45, 7) is 10.9. The number of hydrogen-bond acceptors (Lipinski definition) is 5. The predicted octanol–water partition coefficient (Wildman–Crippen LogP) is 2.27. The molecule has 1 saturated heterocycles. The zero-order valence-corrected chi connectivity index (χ0v) is 14.6. The maximum absolute atomic E-state index is 13.4. The highest BCUT2D eigenvalue weighted by Crippen LogP contribution is 2.22. The first kappa shape index (κ1) is 17.0. The lowest BCUT2D eigenvalue weighted by atomic mass is 10.1. The van der Waals surface area contributed by atoms with Gasteiger partial charge in [0.1, 0.15) is 5.82 Å². The average molecular weight is 332 g/mol. The molecule has 24 heavy (non-hydrogen) atoms. The van der Waals surface area contributed by atoms with Crippen LogP contribution in [0.4, 0.5) is 4.39 Å². The van der Waals surface area contributed by atoms with Gasteiger partial charge in [0.15, 0.2) is 5.82 Å². The molecule has 0 radical (unpaired) electrons. The number of aromatic nitrogens is 4. The van der Waals surface area contributed by atoms with Crippen LogP contribution in [-0.4, -0.2) is 56.2 Å². The molecular formula is C17H25FN6. The largest absolute Gasteiger partial charge is 0.294 e. The Labute approximate surface area is 142 Å². The smallest absolute Gasteiger partial charge is 0.165 e. The monoisotopic (exact) mass is 332 g/mol. The van der Waals surface area contributed by atoms with E-state index in [0.29, 0.717) is 0 Å². The Morgan fingerprint density at radius 3 is 2.54 bits per heavy atom. The van der Waals surface area contributed by atoms with Crippen LogP contribution in [0.5, 0.6) is 0 Å². The number of benzene rings is 1. The molecule has 0 saturated carbocycles. The Balaban J connectivity index is 1.56. The van der Waals surface area contributed by atoms with E-state index in [1.54, 1.807) is 12.1 Å². The second-order valence-electron chi connectivity index (χ2n) is 6.68. The number of piperazine rings is 1. The van der Waals surface area contributed by atoms with Gasteiger partial charge in [-0.2, -0.15) is 0 Å². The normalized spacial score (nSPS) is 18.2. The van der Waals surface area contributed by atoms with Crippen LogP contribution in [0.25, 0.3) is 0 Å². The molecule has 1 aliphatic heterocycles. The second-order valence-corrected chi connectivity index (χ2v) is 6.68. The molecule has 0 amide bonds. The van der Waals surface area contributed by atoms with E-state index < -0.39 is 0 Å². The molecule has 1 fully saturated rings. The van der Waals surface area contributed by atoms with E-state index >= 15 is 0 Å². The van der Waals surface area contributed by atoms with E-state index in [4.69, 9.17) is 0 Å². The standard InChI is InChI=1S/C17H25FN6/c1-13(2)24-17(19-20-21-24)12-22-7-9-23(10-8-22)14(3)15-5-4-6-16(18)11-15/h4-6,11,13-14H,7-10,12H2,1-3H3/t14-/m1/s1. The van der Waals surface area contributed by atoms with Crippen molar-refractivity contribution in [2.75, 3.05) is 26.2 Å².